The molecule has 1 rings (SSSR count). The molecule has 0 N–H and O–H groups in total. The number of hydrogen-bond acceptors (Lipinski definition) is 3. The summed E-state index contributed by atoms with van der Waals surface area (Å²) in [6, 6.07) is 4.01. The normalized spacial score (nSPS) is 10.4. The summed E-state index contributed by atoms with van der Waals surface area (Å²) in [5.41, 5.74) is 1.24. The van der Waals surface area contributed by atoms with Gasteiger partial charge in [0.25, 0.3) is 0 Å². The third-order valence-electron chi connectivity index (χ3n) is 2.17. The Balaban J connectivity index is 2.44. The molecule has 1 heterocycles. The van der Waals surface area contributed by atoms with Crippen LogP contribution in [0.15, 0.2) is 24.5 Å². The molecule has 76 valence electrons. The summed E-state index contributed by atoms with van der Waals surface area (Å²) in [4.78, 5) is 16.4. The maximum Gasteiger partial charge on any atom is 0.121 e. The van der Waals surface area contributed by atoms with E-state index in [2.05, 4.69) is 16.8 Å². The number of rotatable bonds is 6. The monoisotopic (exact) mass is 192 g/mol. The van der Waals surface area contributed by atoms with E-state index in [-0.39, 0.29) is 0 Å². The maximum absolute atomic E-state index is 10.2. The van der Waals surface area contributed by atoms with Gasteiger partial charge in [-0.1, -0.05) is 6.92 Å². The minimum absolute atomic E-state index is 0.610. The Morgan fingerprint density at radius 3 is 2.71 bits per heavy atom. The molecule has 0 aromatic carbocycles. The van der Waals surface area contributed by atoms with Crippen LogP contribution in [0.5, 0.6) is 0 Å². The van der Waals surface area contributed by atoms with E-state index in [9.17, 15) is 4.79 Å². The number of nitrogens with zero attached hydrogens (tertiary/aromatic N) is 2. The highest BCUT2D eigenvalue weighted by Gasteiger charge is 2.02. The van der Waals surface area contributed by atoms with Crippen LogP contribution in [-0.2, 0) is 11.3 Å². The van der Waals surface area contributed by atoms with Crippen LogP contribution < -0.4 is 0 Å². The third kappa shape index (κ3) is 3.66. The van der Waals surface area contributed by atoms with Gasteiger partial charge in [-0.15, -0.1) is 0 Å². The van der Waals surface area contributed by atoms with Crippen LogP contribution in [0.25, 0.3) is 0 Å². The number of aldehydes is 1. The van der Waals surface area contributed by atoms with E-state index in [0.717, 1.165) is 25.9 Å². The molecule has 0 saturated carbocycles. The lowest BCUT2D eigenvalue weighted by molar-refractivity contribution is -0.108. The van der Waals surface area contributed by atoms with Gasteiger partial charge in [0, 0.05) is 31.9 Å². The van der Waals surface area contributed by atoms with Crippen molar-refractivity contribution in [3.8, 4) is 0 Å². The third-order valence-corrected chi connectivity index (χ3v) is 2.17. The summed E-state index contributed by atoms with van der Waals surface area (Å²) in [6.07, 6.45) is 5.17. The molecule has 14 heavy (non-hydrogen) atoms. The zero-order valence-electron chi connectivity index (χ0n) is 8.52. The molecule has 0 radical (unpaired) electrons. The molecule has 0 saturated heterocycles. The summed E-state index contributed by atoms with van der Waals surface area (Å²) in [6.45, 7) is 4.80. The second-order valence-corrected chi connectivity index (χ2v) is 3.18. The van der Waals surface area contributed by atoms with Crippen LogP contribution in [0.1, 0.15) is 18.9 Å². The Bertz CT molecular complexity index is 261. The minimum Gasteiger partial charge on any atom is -0.303 e. The molecule has 0 spiro atoms. The van der Waals surface area contributed by atoms with Crippen LogP contribution >= 0.6 is 0 Å². The van der Waals surface area contributed by atoms with E-state index in [1.54, 1.807) is 12.4 Å². The topological polar surface area (TPSA) is 33.2 Å². The number of carbonyl (C=O) groups is 1. The van der Waals surface area contributed by atoms with Crippen molar-refractivity contribution in [3.05, 3.63) is 30.1 Å². The van der Waals surface area contributed by atoms with Crippen molar-refractivity contribution in [3.63, 3.8) is 0 Å². The van der Waals surface area contributed by atoms with Crippen molar-refractivity contribution < 1.29 is 4.79 Å². The summed E-state index contributed by atoms with van der Waals surface area (Å²) >= 11 is 0. The van der Waals surface area contributed by atoms with Crippen LogP contribution in [0.4, 0.5) is 0 Å². The Labute approximate surface area is 84.8 Å². The Kier molecular flexibility index (Phi) is 4.86. The second kappa shape index (κ2) is 6.27. The molecule has 0 aliphatic carbocycles. The Morgan fingerprint density at radius 2 is 2.14 bits per heavy atom. The van der Waals surface area contributed by atoms with Gasteiger partial charge >= 0.3 is 0 Å². The average molecular weight is 192 g/mol. The van der Waals surface area contributed by atoms with Crippen LogP contribution in [-0.4, -0.2) is 29.3 Å². The van der Waals surface area contributed by atoms with Gasteiger partial charge in [-0.25, -0.2) is 0 Å². The van der Waals surface area contributed by atoms with E-state index in [0.29, 0.717) is 6.42 Å². The Morgan fingerprint density at radius 1 is 1.43 bits per heavy atom. The first-order chi connectivity index (χ1) is 6.86. The Hall–Kier alpha value is -1.22. The molecule has 0 aliphatic heterocycles. The van der Waals surface area contributed by atoms with Crippen molar-refractivity contribution in [2.45, 2.75) is 19.9 Å². The van der Waals surface area contributed by atoms with Gasteiger partial charge in [0.05, 0.1) is 0 Å². The van der Waals surface area contributed by atoms with E-state index < -0.39 is 0 Å². The van der Waals surface area contributed by atoms with Gasteiger partial charge < -0.3 is 4.79 Å². The fourth-order valence-corrected chi connectivity index (χ4v) is 1.33. The van der Waals surface area contributed by atoms with E-state index in [1.807, 2.05) is 12.1 Å². The second-order valence-electron chi connectivity index (χ2n) is 3.18. The zero-order chi connectivity index (χ0) is 10.2. The number of carbonyl (C=O) groups excluding carboxylic acids is 1. The summed E-state index contributed by atoms with van der Waals surface area (Å²) < 4.78 is 0. The van der Waals surface area contributed by atoms with Gasteiger partial charge in [-0.2, -0.15) is 0 Å². The van der Waals surface area contributed by atoms with Gasteiger partial charge in [-0.3, -0.25) is 9.88 Å². The largest absolute Gasteiger partial charge is 0.303 e. The predicted molar refractivity (Wildman–Crippen MR) is 55.9 cm³/mol. The molecule has 3 nitrogen and oxygen atoms in total. The molecule has 1 aromatic rings. The minimum atomic E-state index is 0.610. The lowest BCUT2D eigenvalue weighted by Crippen LogP contribution is -2.24. The highest BCUT2D eigenvalue weighted by Crippen LogP contribution is 2.02. The molecule has 0 atom stereocenters. The standard InChI is InChI=1S/C11H16N2O/c1-2-13(8-3-9-14)10-11-4-6-12-7-5-11/h4-7,9H,2-3,8,10H2,1H3. The first-order valence-corrected chi connectivity index (χ1v) is 4.91. The van der Waals surface area contributed by atoms with E-state index in [1.165, 1.54) is 5.56 Å². The molecule has 0 bridgehead atoms. The molecule has 0 fully saturated rings. The van der Waals surface area contributed by atoms with Gasteiger partial charge in [0.15, 0.2) is 0 Å². The number of pyridine rings is 1. The van der Waals surface area contributed by atoms with Crippen LogP contribution in [0.3, 0.4) is 0 Å². The molecule has 3 heteroatoms. The summed E-state index contributed by atoms with van der Waals surface area (Å²) in [7, 11) is 0. The van der Waals surface area contributed by atoms with Crippen molar-refractivity contribution in [1.82, 2.24) is 9.88 Å². The highest BCUT2D eigenvalue weighted by molar-refractivity contribution is 5.49. The fourth-order valence-electron chi connectivity index (χ4n) is 1.33. The summed E-state index contributed by atoms with van der Waals surface area (Å²) in [5, 5.41) is 0. The first-order valence-electron chi connectivity index (χ1n) is 4.91. The van der Waals surface area contributed by atoms with Gasteiger partial charge in [0.2, 0.25) is 0 Å². The molecule has 0 amide bonds. The molecular weight excluding hydrogens is 176 g/mol. The quantitative estimate of drug-likeness (QED) is 0.640. The first kappa shape index (κ1) is 10.9. The van der Waals surface area contributed by atoms with Gasteiger partial charge in [-0.05, 0) is 24.2 Å². The lowest BCUT2D eigenvalue weighted by Gasteiger charge is -2.18. The smallest absolute Gasteiger partial charge is 0.121 e. The van der Waals surface area contributed by atoms with E-state index in [4.69, 9.17) is 0 Å². The van der Waals surface area contributed by atoms with Crippen LogP contribution in [0.2, 0.25) is 0 Å². The SMILES string of the molecule is CCN(CCC=O)Cc1ccncc1. The molecule has 0 unspecified atom stereocenters. The van der Waals surface area contributed by atoms with Crippen molar-refractivity contribution in [1.29, 1.82) is 0 Å². The fraction of sp³-hybridized carbons (Fsp3) is 0.455. The maximum atomic E-state index is 10.2. The lowest BCUT2D eigenvalue weighted by atomic mass is 10.2. The van der Waals surface area contributed by atoms with Crippen LogP contribution in [0, 0.1) is 0 Å². The van der Waals surface area contributed by atoms with Gasteiger partial charge in [0.1, 0.15) is 6.29 Å². The van der Waals surface area contributed by atoms with Crippen molar-refractivity contribution >= 4 is 6.29 Å². The van der Waals surface area contributed by atoms with E-state index >= 15 is 0 Å². The molecule has 0 aliphatic rings. The summed E-state index contributed by atoms with van der Waals surface area (Å²) in [5.74, 6) is 0. The van der Waals surface area contributed by atoms with Crippen molar-refractivity contribution in [2.24, 2.45) is 0 Å². The highest BCUT2D eigenvalue weighted by atomic mass is 16.1. The van der Waals surface area contributed by atoms with Crippen molar-refractivity contribution in [2.75, 3.05) is 13.1 Å². The zero-order valence-corrected chi connectivity index (χ0v) is 8.52. The number of aromatic nitrogens is 1. The number of hydrogen-bond donors (Lipinski definition) is 0. The molecule has 1 aromatic heterocycles. The molecular formula is C11H16N2O. The average Bonchev–Trinajstić information content (AvgIpc) is 2.25. The predicted octanol–water partition coefficient (Wildman–Crippen LogP) is 1.49.